The molecule has 1 heterocycles. The van der Waals surface area contributed by atoms with E-state index in [1.54, 1.807) is 6.26 Å². The highest BCUT2D eigenvalue weighted by atomic mass is 16.3. The number of rotatable bonds is 4. The van der Waals surface area contributed by atoms with Gasteiger partial charge in [0.05, 0.1) is 6.26 Å². The smallest absolute Gasteiger partial charge is 0.105 e. The summed E-state index contributed by atoms with van der Waals surface area (Å²) in [6.45, 7) is 5.09. The van der Waals surface area contributed by atoms with Gasteiger partial charge in [0.15, 0.2) is 0 Å². The third-order valence-corrected chi connectivity index (χ3v) is 6.48. The molecule has 4 aliphatic carbocycles. The molecule has 1 aromatic rings. The first-order valence-electron chi connectivity index (χ1n) is 8.66. The molecule has 0 amide bonds. The maximum Gasteiger partial charge on any atom is 0.105 e. The summed E-state index contributed by atoms with van der Waals surface area (Å²) in [6, 6.07) is 4.27. The van der Waals surface area contributed by atoms with Gasteiger partial charge in [0.25, 0.3) is 0 Å². The zero-order chi connectivity index (χ0) is 14.7. The standard InChI is InChI=1S/C19H29NO/c1-17-7-14-8-18(2,11-17)13-19(9-14,12-17)10-15(20)6-16-4-3-5-21-16/h3-5,14-15H,6-13,20H2,1-2H3. The fourth-order valence-electron chi connectivity index (χ4n) is 7.23. The third kappa shape index (κ3) is 2.46. The number of hydrogen-bond acceptors (Lipinski definition) is 2. The van der Waals surface area contributed by atoms with Gasteiger partial charge in [0, 0.05) is 12.5 Å². The Kier molecular flexibility index (Phi) is 2.89. The molecule has 116 valence electrons. The van der Waals surface area contributed by atoms with Crippen LogP contribution in [0.25, 0.3) is 0 Å². The molecule has 0 saturated heterocycles. The van der Waals surface area contributed by atoms with E-state index in [1.807, 2.05) is 6.07 Å². The van der Waals surface area contributed by atoms with Crippen LogP contribution in [-0.4, -0.2) is 6.04 Å². The van der Waals surface area contributed by atoms with Crippen molar-refractivity contribution >= 4 is 0 Å². The van der Waals surface area contributed by atoms with Gasteiger partial charge in [-0.25, -0.2) is 0 Å². The molecule has 2 N–H and O–H groups in total. The zero-order valence-corrected chi connectivity index (χ0v) is 13.5. The summed E-state index contributed by atoms with van der Waals surface area (Å²) in [7, 11) is 0. The molecule has 0 spiro atoms. The average molecular weight is 287 g/mol. The highest BCUT2D eigenvalue weighted by Gasteiger charge is 2.59. The molecule has 4 aliphatic rings. The van der Waals surface area contributed by atoms with Crippen LogP contribution in [-0.2, 0) is 6.42 Å². The van der Waals surface area contributed by atoms with Crippen LogP contribution in [0.2, 0.25) is 0 Å². The minimum atomic E-state index is 0.250. The predicted octanol–water partition coefficient (Wildman–Crippen LogP) is 4.54. The molecule has 1 aromatic heterocycles. The van der Waals surface area contributed by atoms with Gasteiger partial charge in [-0.3, -0.25) is 0 Å². The van der Waals surface area contributed by atoms with Crippen LogP contribution in [0.15, 0.2) is 22.8 Å². The number of hydrogen-bond donors (Lipinski definition) is 1. The zero-order valence-electron chi connectivity index (χ0n) is 13.5. The molecule has 5 rings (SSSR count). The summed E-state index contributed by atoms with van der Waals surface area (Å²) in [4.78, 5) is 0. The van der Waals surface area contributed by atoms with E-state index in [0.29, 0.717) is 16.2 Å². The second-order valence-electron chi connectivity index (χ2n) is 9.38. The molecule has 0 aliphatic heterocycles. The molecule has 4 fully saturated rings. The van der Waals surface area contributed by atoms with Crippen molar-refractivity contribution in [3.8, 4) is 0 Å². The monoisotopic (exact) mass is 287 g/mol. The van der Waals surface area contributed by atoms with Crippen LogP contribution in [0.1, 0.15) is 64.6 Å². The van der Waals surface area contributed by atoms with Crippen molar-refractivity contribution in [2.24, 2.45) is 27.9 Å². The van der Waals surface area contributed by atoms with Crippen molar-refractivity contribution in [1.82, 2.24) is 0 Å². The Morgan fingerprint density at radius 1 is 1.19 bits per heavy atom. The molecule has 2 nitrogen and oxygen atoms in total. The van der Waals surface area contributed by atoms with E-state index in [0.717, 1.165) is 18.1 Å². The molecule has 4 bridgehead atoms. The van der Waals surface area contributed by atoms with Gasteiger partial charge in [-0.15, -0.1) is 0 Å². The highest BCUT2D eigenvalue weighted by molar-refractivity contribution is 5.11. The quantitative estimate of drug-likeness (QED) is 0.883. The van der Waals surface area contributed by atoms with Crippen molar-refractivity contribution < 1.29 is 4.42 Å². The minimum absolute atomic E-state index is 0.250. The van der Waals surface area contributed by atoms with Crippen molar-refractivity contribution in [3.63, 3.8) is 0 Å². The largest absolute Gasteiger partial charge is 0.469 e. The lowest BCUT2D eigenvalue weighted by molar-refractivity contribution is -0.149. The normalized spacial score (nSPS) is 46.0. The molecule has 21 heavy (non-hydrogen) atoms. The van der Waals surface area contributed by atoms with Gasteiger partial charge in [0.1, 0.15) is 5.76 Å². The Hall–Kier alpha value is -0.760. The van der Waals surface area contributed by atoms with Gasteiger partial charge >= 0.3 is 0 Å². The molecular formula is C19H29NO. The molecule has 0 aromatic carbocycles. The fraction of sp³-hybridized carbons (Fsp3) is 0.789. The molecule has 3 atom stereocenters. The number of nitrogens with two attached hydrogens (primary N) is 1. The Morgan fingerprint density at radius 3 is 2.48 bits per heavy atom. The van der Waals surface area contributed by atoms with Gasteiger partial charge in [-0.2, -0.15) is 0 Å². The first-order chi connectivity index (χ1) is 9.88. The van der Waals surface area contributed by atoms with Crippen LogP contribution < -0.4 is 5.73 Å². The van der Waals surface area contributed by atoms with E-state index in [9.17, 15) is 0 Å². The van der Waals surface area contributed by atoms with E-state index < -0.39 is 0 Å². The highest BCUT2D eigenvalue weighted by Crippen LogP contribution is 2.70. The fourth-order valence-corrected chi connectivity index (χ4v) is 7.23. The lowest BCUT2D eigenvalue weighted by atomic mass is 9.39. The lowest BCUT2D eigenvalue weighted by Crippen LogP contribution is -2.56. The van der Waals surface area contributed by atoms with Crippen molar-refractivity contribution in [2.75, 3.05) is 0 Å². The van der Waals surface area contributed by atoms with Crippen LogP contribution in [0, 0.1) is 22.2 Å². The van der Waals surface area contributed by atoms with E-state index in [-0.39, 0.29) is 6.04 Å². The summed E-state index contributed by atoms with van der Waals surface area (Å²) in [6.07, 6.45) is 12.5. The first-order valence-corrected chi connectivity index (χ1v) is 8.66. The Morgan fingerprint density at radius 2 is 1.90 bits per heavy atom. The second-order valence-corrected chi connectivity index (χ2v) is 9.38. The van der Waals surface area contributed by atoms with Gasteiger partial charge in [-0.1, -0.05) is 13.8 Å². The van der Waals surface area contributed by atoms with E-state index in [2.05, 4.69) is 19.9 Å². The predicted molar refractivity (Wildman–Crippen MR) is 84.8 cm³/mol. The maximum atomic E-state index is 6.51. The molecule has 0 radical (unpaired) electrons. The van der Waals surface area contributed by atoms with E-state index in [4.69, 9.17) is 10.2 Å². The van der Waals surface area contributed by atoms with Crippen LogP contribution in [0.3, 0.4) is 0 Å². The first kappa shape index (κ1) is 13.9. The molecule has 2 heteroatoms. The lowest BCUT2D eigenvalue weighted by Gasteiger charge is -2.66. The number of furan rings is 1. The summed E-state index contributed by atoms with van der Waals surface area (Å²) >= 11 is 0. The van der Waals surface area contributed by atoms with E-state index >= 15 is 0 Å². The van der Waals surface area contributed by atoms with Crippen LogP contribution in [0.5, 0.6) is 0 Å². The van der Waals surface area contributed by atoms with Gasteiger partial charge < -0.3 is 10.2 Å². The van der Waals surface area contributed by atoms with Gasteiger partial charge in [0.2, 0.25) is 0 Å². The van der Waals surface area contributed by atoms with Crippen molar-refractivity contribution in [3.05, 3.63) is 24.2 Å². The molecule has 4 saturated carbocycles. The summed E-state index contributed by atoms with van der Waals surface area (Å²) in [5.74, 6) is 2.01. The Bertz CT molecular complexity index is 502. The van der Waals surface area contributed by atoms with Crippen molar-refractivity contribution in [1.29, 1.82) is 0 Å². The third-order valence-electron chi connectivity index (χ3n) is 6.48. The maximum absolute atomic E-state index is 6.51. The summed E-state index contributed by atoms with van der Waals surface area (Å²) < 4.78 is 5.48. The second kappa shape index (κ2) is 4.38. The minimum Gasteiger partial charge on any atom is -0.469 e. The van der Waals surface area contributed by atoms with Gasteiger partial charge in [-0.05, 0) is 79.2 Å². The summed E-state index contributed by atoms with van der Waals surface area (Å²) in [5.41, 5.74) is 8.23. The topological polar surface area (TPSA) is 39.2 Å². The molecule has 3 unspecified atom stereocenters. The Labute approximate surface area is 128 Å². The SMILES string of the molecule is CC12CC3CC(C)(C1)CC(CC(N)Cc1ccco1)(C3)C2. The molecular weight excluding hydrogens is 258 g/mol. The average Bonchev–Trinajstić information content (AvgIpc) is 2.74. The van der Waals surface area contributed by atoms with Crippen LogP contribution in [0.4, 0.5) is 0 Å². The van der Waals surface area contributed by atoms with E-state index in [1.165, 1.54) is 44.9 Å². The van der Waals surface area contributed by atoms with Crippen LogP contribution >= 0.6 is 0 Å². The Balaban J connectivity index is 1.51. The van der Waals surface area contributed by atoms with Crippen molar-refractivity contribution in [2.45, 2.75) is 71.3 Å². The summed E-state index contributed by atoms with van der Waals surface area (Å²) in [5, 5.41) is 0.